The highest BCUT2D eigenvalue weighted by molar-refractivity contribution is 9.10. The number of likely N-dealkylation sites (tertiary alicyclic amines) is 1. The largest absolute Gasteiger partial charge is 0.492 e. The number of carbonyl (C=O) groups excluding carboxylic acids is 1. The Balaban J connectivity index is 0.00000176. The van der Waals surface area contributed by atoms with Gasteiger partial charge in [-0.25, -0.2) is 0 Å². The van der Waals surface area contributed by atoms with Gasteiger partial charge in [0, 0.05) is 31.2 Å². The lowest BCUT2D eigenvalue weighted by Gasteiger charge is -2.17. The van der Waals surface area contributed by atoms with E-state index < -0.39 is 0 Å². The summed E-state index contributed by atoms with van der Waals surface area (Å²) >= 11 is 9.28. The molecule has 0 spiro atoms. The second kappa shape index (κ2) is 7.86. The lowest BCUT2D eigenvalue weighted by molar-refractivity contribution is -0.130. The number of hydrogen-bond donors (Lipinski definition) is 1. The Kier molecular flexibility index (Phi) is 6.38. The number of fused-ring (bicyclic) bond motifs is 1. The molecule has 0 bridgehead atoms. The zero-order valence-electron chi connectivity index (χ0n) is 12.1. The van der Waals surface area contributed by atoms with Crippen LogP contribution >= 0.6 is 39.9 Å². The van der Waals surface area contributed by atoms with Gasteiger partial charge >= 0.3 is 0 Å². The molecule has 2 aliphatic rings. The second-order valence-electron chi connectivity index (χ2n) is 5.65. The van der Waals surface area contributed by atoms with Crippen LogP contribution in [0.15, 0.2) is 22.7 Å². The number of carbonyl (C=O) groups is 1. The monoisotopic (exact) mass is 408 g/mol. The van der Waals surface area contributed by atoms with Gasteiger partial charge in [-0.3, -0.25) is 4.79 Å². The maximum absolute atomic E-state index is 12.2. The van der Waals surface area contributed by atoms with Crippen LogP contribution in [0.4, 0.5) is 0 Å². The lowest BCUT2D eigenvalue weighted by Crippen LogP contribution is -2.32. The predicted molar refractivity (Wildman–Crippen MR) is 92.9 cm³/mol. The van der Waals surface area contributed by atoms with Crippen molar-refractivity contribution in [2.24, 2.45) is 11.8 Å². The third kappa shape index (κ3) is 4.07. The van der Waals surface area contributed by atoms with Crippen LogP contribution in [0.3, 0.4) is 0 Å². The van der Waals surface area contributed by atoms with Crippen molar-refractivity contribution in [3.05, 3.63) is 27.7 Å². The molecule has 122 valence electrons. The molecule has 7 heteroatoms. The fraction of sp³-hybridized carbons (Fsp3) is 0.533. The van der Waals surface area contributed by atoms with Gasteiger partial charge < -0.3 is 15.0 Å². The molecule has 22 heavy (non-hydrogen) atoms. The van der Waals surface area contributed by atoms with Crippen LogP contribution in [0.2, 0.25) is 5.02 Å². The van der Waals surface area contributed by atoms with Gasteiger partial charge in [-0.15, -0.1) is 12.4 Å². The summed E-state index contributed by atoms with van der Waals surface area (Å²) in [6.45, 7) is 4.26. The highest BCUT2D eigenvalue weighted by Gasteiger charge is 2.37. The first kappa shape index (κ1) is 17.9. The minimum Gasteiger partial charge on any atom is -0.492 e. The quantitative estimate of drug-likeness (QED) is 0.831. The van der Waals surface area contributed by atoms with Crippen molar-refractivity contribution in [3.8, 4) is 5.75 Å². The highest BCUT2D eigenvalue weighted by atomic mass is 79.9. The Morgan fingerprint density at radius 3 is 2.68 bits per heavy atom. The van der Waals surface area contributed by atoms with Crippen molar-refractivity contribution in [1.29, 1.82) is 0 Å². The van der Waals surface area contributed by atoms with E-state index in [-0.39, 0.29) is 18.3 Å². The van der Waals surface area contributed by atoms with Gasteiger partial charge in [0.2, 0.25) is 5.91 Å². The minimum absolute atomic E-state index is 0. The molecule has 0 saturated carbocycles. The average Bonchev–Trinajstić information content (AvgIpc) is 3.02. The van der Waals surface area contributed by atoms with E-state index in [1.54, 1.807) is 12.1 Å². The van der Waals surface area contributed by atoms with E-state index in [1.807, 2.05) is 11.0 Å². The minimum atomic E-state index is 0. The predicted octanol–water partition coefficient (Wildman–Crippen LogP) is 2.97. The topological polar surface area (TPSA) is 41.6 Å². The van der Waals surface area contributed by atoms with E-state index in [9.17, 15) is 4.79 Å². The van der Waals surface area contributed by atoms with E-state index in [4.69, 9.17) is 16.3 Å². The Morgan fingerprint density at radius 1 is 1.36 bits per heavy atom. The lowest BCUT2D eigenvalue weighted by atomic mass is 10.0. The summed E-state index contributed by atoms with van der Waals surface area (Å²) in [5.74, 6) is 2.18. The smallest absolute Gasteiger partial charge is 0.226 e. The number of ether oxygens (including phenoxy) is 1. The first-order valence-corrected chi connectivity index (χ1v) is 8.37. The SMILES string of the molecule is Cl.O=C(CCOc1ccc(Cl)cc1Br)N1C[C@H]2CNC[C@H]2C1. The normalized spacial score (nSPS) is 23.1. The molecule has 2 saturated heterocycles. The highest BCUT2D eigenvalue weighted by Crippen LogP contribution is 2.29. The Bertz CT molecular complexity index is 532. The van der Waals surface area contributed by atoms with Crippen molar-refractivity contribution in [2.45, 2.75) is 6.42 Å². The molecule has 2 aliphatic heterocycles. The van der Waals surface area contributed by atoms with E-state index >= 15 is 0 Å². The summed E-state index contributed by atoms with van der Waals surface area (Å²) in [6, 6.07) is 5.37. The molecule has 1 aromatic rings. The fourth-order valence-corrected chi connectivity index (χ4v) is 3.85. The van der Waals surface area contributed by atoms with Gasteiger partial charge in [0.25, 0.3) is 0 Å². The summed E-state index contributed by atoms with van der Waals surface area (Å²) in [5.41, 5.74) is 0. The first-order chi connectivity index (χ1) is 10.1. The standard InChI is InChI=1S/C15H18BrClN2O2.ClH/c16-13-5-12(17)1-2-14(13)21-4-3-15(20)19-8-10-6-18-7-11(10)9-19;/h1-2,5,10-11,18H,3-4,6-9H2;1H/t10-,11+;. The van der Waals surface area contributed by atoms with Gasteiger partial charge in [-0.1, -0.05) is 11.6 Å². The molecule has 0 aliphatic carbocycles. The molecule has 2 atom stereocenters. The molecule has 1 amide bonds. The van der Waals surface area contributed by atoms with Gasteiger partial charge in [0.15, 0.2) is 0 Å². The van der Waals surface area contributed by atoms with Gasteiger partial charge in [0.05, 0.1) is 17.5 Å². The Morgan fingerprint density at radius 2 is 2.05 bits per heavy atom. The van der Waals surface area contributed by atoms with Crippen LogP contribution in [0.25, 0.3) is 0 Å². The Labute approximate surface area is 150 Å². The van der Waals surface area contributed by atoms with Crippen molar-refractivity contribution in [2.75, 3.05) is 32.8 Å². The van der Waals surface area contributed by atoms with Crippen LogP contribution in [0.1, 0.15) is 6.42 Å². The summed E-state index contributed by atoms with van der Waals surface area (Å²) in [7, 11) is 0. The maximum atomic E-state index is 12.2. The van der Waals surface area contributed by atoms with E-state index in [0.29, 0.717) is 29.9 Å². The van der Waals surface area contributed by atoms with Gasteiger partial charge in [-0.2, -0.15) is 0 Å². The molecule has 3 rings (SSSR count). The molecule has 4 nitrogen and oxygen atoms in total. The first-order valence-electron chi connectivity index (χ1n) is 7.20. The molecule has 0 unspecified atom stereocenters. The van der Waals surface area contributed by atoms with Gasteiger partial charge in [0.1, 0.15) is 5.75 Å². The van der Waals surface area contributed by atoms with Gasteiger partial charge in [-0.05, 0) is 46.0 Å². The van der Waals surface area contributed by atoms with Crippen LogP contribution < -0.4 is 10.1 Å². The van der Waals surface area contributed by atoms with Crippen molar-refractivity contribution in [1.82, 2.24) is 10.2 Å². The third-order valence-electron chi connectivity index (χ3n) is 4.21. The number of nitrogens with one attached hydrogen (secondary N) is 1. The number of nitrogens with zero attached hydrogens (tertiary/aromatic N) is 1. The zero-order valence-corrected chi connectivity index (χ0v) is 15.2. The molecular formula is C15H19BrCl2N2O2. The van der Waals surface area contributed by atoms with Crippen LogP contribution in [-0.2, 0) is 4.79 Å². The molecule has 0 aromatic heterocycles. The number of halogens is 3. The molecule has 1 aromatic carbocycles. The summed E-state index contributed by atoms with van der Waals surface area (Å²) in [6.07, 6.45) is 0.419. The third-order valence-corrected chi connectivity index (χ3v) is 5.06. The average molecular weight is 410 g/mol. The number of benzene rings is 1. The summed E-state index contributed by atoms with van der Waals surface area (Å²) < 4.78 is 6.46. The van der Waals surface area contributed by atoms with E-state index in [2.05, 4.69) is 21.2 Å². The molecular weight excluding hydrogens is 391 g/mol. The number of rotatable bonds is 4. The van der Waals surface area contributed by atoms with Crippen LogP contribution in [-0.4, -0.2) is 43.6 Å². The van der Waals surface area contributed by atoms with Crippen LogP contribution in [0.5, 0.6) is 5.75 Å². The molecule has 2 heterocycles. The van der Waals surface area contributed by atoms with E-state index in [0.717, 1.165) is 36.4 Å². The van der Waals surface area contributed by atoms with E-state index in [1.165, 1.54) is 0 Å². The molecule has 0 radical (unpaired) electrons. The van der Waals surface area contributed by atoms with Crippen molar-refractivity contribution >= 4 is 45.8 Å². The molecule has 1 N–H and O–H groups in total. The van der Waals surface area contributed by atoms with Crippen LogP contribution in [0, 0.1) is 11.8 Å². The summed E-state index contributed by atoms with van der Waals surface area (Å²) in [4.78, 5) is 14.2. The number of amides is 1. The maximum Gasteiger partial charge on any atom is 0.226 e. The Hall–Kier alpha value is -0.490. The second-order valence-corrected chi connectivity index (χ2v) is 6.94. The number of hydrogen-bond acceptors (Lipinski definition) is 3. The summed E-state index contributed by atoms with van der Waals surface area (Å²) in [5, 5.41) is 4.04. The zero-order chi connectivity index (χ0) is 14.8. The fourth-order valence-electron chi connectivity index (χ4n) is 3.06. The van der Waals surface area contributed by atoms with Crippen molar-refractivity contribution in [3.63, 3.8) is 0 Å². The van der Waals surface area contributed by atoms with Crippen molar-refractivity contribution < 1.29 is 9.53 Å². The molecule has 2 fully saturated rings.